The van der Waals surface area contributed by atoms with E-state index in [0.717, 1.165) is 0 Å². The van der Waals surface area contributed by atoms with Gasteiger partial charge < -0.3 is 14.2 Å². The van der Waals surface area contributed by atoms with Crippen LogP contribution in [0.4, 0.5) is 0 Å². The summed E-state index contributed by atoms with van der Waals surface area (Å²) in [5.74, 6) is -1.28. The summed E-state index contributed by atoms with van der Waals surface area (Å²) in [4.78, 5) is 11.2. The quantitative estimate of drug-likeness (QED) is 0.670. The Morgan fingerprint density at radius 1 is 1.25 bits per heavy atom. The molecule has 0 saturated carbocycles. The summed E-state index contributed by atoms with van der Waals surface area (Å²) in [5.41, 5.74) is 0. The molecule has 0 radical (unpaired) electrons. The lowest BCUT2D eigenvalue weighted by Crippen LogP contribution is -2.47. The van der Waals surface area contributed by atoms with Gasteiger partial charge in [0.2, 0.25) is 10.0 Å². The molecule has 2 rings (SSSR count). The summed E-state index contributed by atoms with van der Waals surface area (Å²) in [5, 5.41) is 0. The van der Waals surface area contributed by atoms with Crippen molar-refractivity contribution in [2.24, 2.45) is 0 Å². The lowest BCUT2D eigenvalue weighted by molar-refractivity contribution is -0.179. The van der Waals surface area contributed by atoms with E-state index in [4.69, 9.17) is 14.2 Å². The molecule has 2 aliphatic heterocycles. The van der Waals surface area contributed by atoms with Crippen molar-refractivity contribution in [2.75, 3.05) is 38.7 Å². The molecule has 0 atom stereocenters. The Bertz CT molecular complexity index is 433. The van der Waals surface area contributed by atoms with Gasteiger partial charge in [0.05, 0.1) is 32.0 Å². The van der Waals surface area contributed by atoms with Gasteiger partial charge >= 0.3 is 5.97 Å². The average Bonchev–Trinajstić information content (AvgIpc) is 2.86. The summed E-state index contributed by atoms with van der Waals surface area (Å²) in [6, 6.07) is 0. The molecule has 116 valence electrons. The van der Waals surface area contributed by atoms with Crippen molar-refractivity contribution in [1.29, 1.82) is 0 Å². The minimum atomic E-state index is -3.42. The highest BCUT2D eigenvalue weighted by Gasteiger charge is 2.42. The summed E-state index contributed by atoms with van der Waals surface area (Å²) >= 11 is 0. The minimum Gasteiger partial charge on any atom is -0.466 e. The standard InChI is InChI=1S/C12H21NO6S/c1-2-17-11(14)3-10-20(15,16)13-6-4-12(5-7-13)18-8-9-19-12/h2-10H2,1H3. The molecule has 2 saturated heterocycles. The van der Waals surface area contributed by atoms with Crippen LogP contribution in [0.3, 0.4) is 0 Å². The first kappa shape index (κ1) is 15.7. The van der Waals surface area contributed by atoms with E-state index in [2.05, 4.69) is 0 Å². The third-order valence-electron chi connectivity index (χ3n) is 3.56. The summed E-state index contributed by atoms with van der Waals surface area (Å²) in [6.07, 6.45) is 0.960. The van der Waals surface area contributed by atoms with Gasteiger partial charge in [-0.15, -0.1) is 0 Å². The van der Waals surface area contributed by atoms with Crippen LogP contribution in [-0.2, 0) is 29.0 Å². The molecule has 0 aromatic heterocycles. The third-order valence-corrected chi connectivity index (χ3v) is 5.43. The van der Waals surface area contributed by atoms with Crippen molar-refractivity contribution < 1.29 is 27.4 Å². The lowest BCUT2D eigenvalue weighted by atomic mass is 10.1. The number of carbonyl (C=O) groups is 1. The molecular weight excluding hydrogens is 286 g/mol. The molecule has 2 heterocycles. The zero-order chi connectivity index (χ0) is 14.6. The number of hydrogen-bond donors (Lipinski definition) is 0. The van der Waals surface area contributed by atoms with E-state index in [1.807, 2.05) is 0 Å². The number of nitrogens with zero attached hydrogens (tertiary/aromatic N) is 1. The number of sulfonamides is 1. The lowest BCUT2D eigenvalue weighted by Gasteiger charge is -2.36. The number of piperidine rings is 1. The molecular formula is C12H21NO6S. The van der Waals surface area contributed by atoms with Crippen LogP contribution in [0.2, 0.25) is 0 Å². The number of carbonyl (C=O) groups excluding carboxylic acids is 1. The van der Waals surface area contributed by atoms with E-state index in [-0.39, 0.29) is 18.8 Å². The Balaban J connectivity index is 1.83. The van der Waals surface area contributed by atoms with Crippen molar-refractivity contribution in [1.82, 2.24) is 4.31 Å². The van der Waals surface area contributed by atoms with Crippen LogP contribution in [-0.4, -0.2) is 63.1 Å². The first-order valence-electron chi connectivity index (χ1n) is 6.89. The smallest absolute Gasteiger partial charge is 0.306 e. The summed E-state index contributed by atoms with van der Waals surface area (Å²) < 4.78 is 41.5. The second-order valence-electron chi connectivity index (χ2n) is 4.88. The fraction of sp³-hybridized carbons (Fsp3) is 0.917. The maximum absolute atomic E-state index is 12.1. The van der Waals surface area contributed by atoms with E-state index >= 15 is 0 Å². The monoisotopic (exact) mass is 307 g/mol. The molecule has 20 heavy (non-hydrogen) atoms. The number of ether oxygens (including phenoxy) is 3. The molecule has 0 N–H and O–H groups in total. The molecule has 0 unspecified atom stereocenters. The van der Waals surface area contributed by atoms with Crippen molar-refractivity contribution in [3.63, 3.8) is 0 Å². The van der Waals surface area contributed by atoms with Crippen LogP contribution in [0.25, 0.3) is 0 Å². The molecule has 0 amide bonds. The van der Waals surface area contributed by atoms with Gasteiger partial charge in [0, 0.05) is 25.9 Å². The molecule has 2 fully saturated rings. The van der Waals surface area contributed by atoms with Crippen molar-refractivity contribution in [3.8, 4) is 0 Å². The van der Waals surface area contributed by atoms with Crippen molar-refractivity contribution in [3.05, 3.63) is 0 Å². The van der Waals surface area contributed by atoms with Crippen LogP contribution in [0.1, 0.15) is 26.2 Å². The molecule has 7 nitrogen and oxygen atoms in total. The zero-order valence-corrected chi connectivity index (χ0v) is 12.5. The van der Waals surface area contributed by atoms with Gasteiger partial charge in [-0.2, -0.15) is 0 Å². The second kappa shape index (κ2) is 6.38. The molecule has 0 aromatic rings. The minimum absolute atomic E-state index is 0.106. The Morgan fingerprint density at radius 2 is 1.85 bits per heavy atom. The number of rotatable bonds is 5. The molecule has 0 bridgehead atoms. The van der Waals surface area contributed by atoms with Gasteiger partial charge in [-0.3, -0.25) is 4.79 Å². The highest BCUT2D eigenvalue weighted by molar-refractivity contribution is 7.89. The molecule has 2 aliphatic rings. The Kier molecular flexibility index (Phi) is 5.00. The van der Waals surface area contributed by atoms with E-state index < -0.39 is 21.8 Å². The predicted octanol–water partition coefficient (Wildman–Crippen LogP) is 0.108. The molecule has 8 heteroatoms. The third kappa shape index (κ3) is 3.69. The van der Waals surface area contributed by atoms with Gasteiger partial charge in [-0.05, 0) is 6.92 Å². The second-order valence-corrected chi connectivity index (χ2v) is 6.97. The SMILES string of the molecule is CCOC(=O)CCS(=O)(=O)N1CCC2(CC1)OCCO2. The fourth-order valence-corrected chi connectivity index (χ4v) is 3.89. The van der Waals surface area contributed by atoms with Gasteiger partial charge in [0.15, 0.2) is 5.79 Å². The van der Waals surface area contributed by atoms with Gasteiger partial charge in [-0.1, -0.05) is 0 Å². The van der Waals surface area contributed by atoms with Crippen LogP contribution in [0, 0.1) is 0 Å². The summed E-state index contributed by atoms with van der Waals surface area (Å²) in [6.45, 7) is 3.82. The van der Waals surface area contributed by atoms with Gasteiger partial charge in [0.1, 0.15) is 0 Å². The van der Waals surface area contributed by atoms with E-state index in [9.17, 15) is 13.2 Å². The highest BCUT2D eigenvalue weighted by Crippen LogP contribution is 2.32. The summed E-state index contributed by atoms with van der Waals surface area (Å²) in [7, 11) is -3.42. The zero-order valence-electron chi connectivity index (χ0n) is 11.7. The van der Waals surface area contributed by atoms with E-state index in [1.54, 1.807) is 6.92 Å². The topological polar surface area (TPSA) is 82.1 Å². The molecule has 1 spiro atoms. The van der Waals surface area contributed by atoms with Crippen LogP contribution >= 0.6 is 0 Å². The van der Waals surface area contributed by atoms with Crippen LogP contribution in [0.15, 0.2) is 0 Å². The Morgan fingerprint density at radius 3 is 2.40 bits per heavy atom. The first-order valence-corrected chi connectivity index (χ1v) is 8.50. The highest BCUT2D eigenvalue weighted by atomic mass is 32.2. The predicted molar refractivity (Wildman–Crippen MR) is 70.5 cm³/mol. The van der Waals surface area contributed by atoms with Gasteiger partial charge in [-0.25, -0.2) is 12.7 Å². The van der Waals surface area contributed by atoms with Crippen LogP contribution < -0.4 is 0 Å². The first-order chi connectivity index (χ1) is 9.47. The van der Waals surface area contributed by atoms with E-state index in [0.29, 0.717) is 39.1 Å². The average molecular weight is 307 g/mol. The van der Waals surface area contributed by atoms with Crippen LogP contribution in [0.5, 0.6) is 0 Å². The normalized spacial score (nSPS) is 23.1. The fourth-order valence-electron chi connectivity index (χ4n) is 2.47. The van der Waals surface area contributed by atoms with Crippen molar-refractivity contribution >= 4 is 16.0 Å². The largest absolute Gasteiger partial charge is 0.466 e. The molecule has 0 aromatic carbocycles. The Hall–Kier alpha value is -0.700. The van der Waals surface area contributed by atoms with Crippen molar-refractivity contribution in [2.45, 2.75) is 32.0 Å². The molecule has 0 aliphatic carbocycles. The van der Waals surface area contributed by atoms with E-state index in [1.165, 1.54) is 4.31 Å². The maximum Gasteiger partial charge on any atom is 0.306 e. The number of esters is 1. The Labute approximate surface area is 119 Å². The maximum atomic E-state index is 12.1. The number of hydrogen-bond acceptors (Lipinski definition) is 6. The van der Waals surface area contributed by atoms with Gasteiger partial charge in [0.25, 0.3) is 0 Å².